The van der Waals surface area contributed by atoms with Crippen molar-refractivity contribution in [3.05, 3.63) is 23.7 Å². The molecular weight excluding hydrogens is 471 g/mol. The van der Waals surface area contributed by atoms with Crippen LogP contribution >= 0.6 is 24.0 Å². The molecule has 0 fully saturated rings. The summed E-state index contributed by atoms with van der Waals surface area (Å²) >= 11 is 0. The molecule has 4 N–H and O–H groups in total. The van der Waals surface area contributed by atoms with Crippen LogP contribution in [0.5, 0.6) is 0 Å². The van der Waals surface area contributed by atoms with E-state index >= 15 is 0 Å². The van der Waals surface area contributed by atoms with Gasteiger partial charge in [-0.2, -0.15) is 0 Å². The lowest BCUT2D eigenvalue weighted by molar-refractivity contribution is 0.0378. The first-order valence-electron chi connectivity index (χ1n) is 8.15. The van der Waals surface area contributed by atoms with Crippen LogP contribution in [0.25, 0.3) is 0 Å². The van der Waals surface area contributed by atoms with Gasteiger partial charge in [0.05, 0.1) is 19.3 Å². The van der Waals surface area contributed by atoms with Crippen molar-refractivity contribution >= 4 is 40.0 Å². The number of hydrogen-bond donors (Lipinski definition) is 4. The zero-order valence-corrected chi connectivity index (χ0v) is 19.4. The molecule has 1 unspecified atom stereocenters. The molecule has 8 nitrogen and oxygen atoms in total. The van der Waals surface area contributed by atoms with Crippen molar-refractivity contribution in [2.24, 2.45) is 4.99 Å². The van der Waals surface area contributed by atoms with Crippen LogP contribution in [0.3, 0.4) is 0 Å². The maximum Gasteiger partial charge on any atom is 0.209 e. The second kappa shape index (κ2) is 9.90. The first kappa shape index (κ1) is 25.1. The summed E-state index contributed by atoms with van der Waals surface area (Å²) in [7, 11) is -3.32. The SMILES string of the molecule is CCNC(=NCC(C)(C)NS(C)(=O)=O)NCC(C)(O)c1ccc(C)o1.I. The Morgan fingerprint density at radius 2 is 1.88 bits per heavy atom. The van der Waals surface area contributed by atoms with Gasteiger partial charge in [0.15, 0.2) is 5.96 Å². The lowest BCUT2D eigenvalue weighted by atomic mass is 10.0. The molecule has 0 radical (unpaired) electrons. The first-order valence-corrected chi connectivity index (χ1v) is 10.0. The maximum absolute atomic E-state index is 11.4. The number of sulfonamides is 1. The van der Waals surface area contributed by atoms with E-state index in [1.165, 1.54) is 0 Å². The fraction of sp³-hybridized carbons (Fsp3) is 0.688. The molecule has 0 bridgehead atoms. The van der Waals surface area contributed by atoms with Gasteiger partial charge in [-0.05, 0) is 46.8 Å². The van der Waals surface area contributed by atoms with Gasteiger partial charge >= 0.3 is 0 Å². The fourth-order valence-corrected chi connectivity index (χ4v) is 3.29. The van der Waals surface area contributed by atoms with E-state index in [0.29, 0.717) is 18.3 Å². The minimum atomic E-state index is -3.32. The minimum Gasteiger partial charge on any atom is -0.463 e. The summed E-state index contributed by atoms with van der Waals surface area (Å²) in [6.45, 7) is 9.94. The van der Waals surface area contributed by atoms with Crippen LogP contribution < -0.4 is 15.4 Å². The van der Waals surface area contributed by atoms with Crippen molar-refractivity contribution in [3.63, 3.8) is 0 Å². The van der Waals surface area contributed by atoms with Crippen LogP contribution in [0, 0.1) is 6.92 Å². The Labute approximate surface area is 173 Å². The van der Waals surface area contributed by atoms with Gasteiger partial charge in [-0.1, -0.05) is 0 Å². The topological polar surface area (TPSA) is 116 Å². The van der Waals surface area contributed by atoms with Crippen molar-refractivity contribution < 1.29 is 17.9 Å². The highest BCUT2D eigenvalue weighted by Gasteiger charge is 2.27. The fourth-order valence-electron chi connectivity index (χ4n) is 2.22. The minimum absolute atomic E-state index is 0. The van der Waals surface area contributed by atoms with Crippen LogP contribution in [-0.2, 0) is 15.6 Å². The molecule has 0 aliphatic rings. The van der Waals surface area contributed by atoms with E-state index in [-0.39, 0.29) is 37.1 Å². The van der Waals surface area contributed by atoms with Gasteiger partial charge in [-0.25, -0.2) is 13.1 Å². The van der Waals surface area contributed by atoms with Crippen molar-refractivity contribution in [1.82, 2.24) is 15.4 Å². The number of halogens is 1. The number of rotatable bonds is 8. The standard InChI is InChI=1S/C16H30N4O4S.HI/c1-7-17-14(18-10-15(3,4)20-25(6,22)23)19-11-16(5,21)13-9-8-12(2)24-13;/h8-9,20-21H,7,10-11H2,1-6H3,(H2,17,18,19);1H. The summed E-state index contributed by atoms with van der Waals surface area (Å²) in [5, 5.41) is 16.7. The van der Waals surface area contributed by atoms with E-state index in [2.05, 4.69) is 20.3 Å². The maximum atomic E-state index is 11.4. The summed E-state index contributed by atoms with van der Waals surface area (Å²) in [6.07, 6.45) is 1.12. The smallest absolute Gasteiger partial charge is 0.209 e. The summed E-state index contributed by atoms with van der Waals surface area (Å²) in [6, 6.07) is 3.53. The number of guanidine groups is 1. The molecule has 0 saturated heterocycles. The van der Waals surface area contributed by atoms with Gasteiger partial charge in [0.2, 0.25) is 10.0 Å². The Morgan fingerprint density at radius 1 is 1.27 bits per heavy atom. The molecule has 1 atom stereocenters. The summed E-state index contributed by atoms with van der Waals surface area (Å²) in [5.41, 5.74) is -1.93. The van der Waals surface area contributed by atoms with Crippen LogP contribution in [0.15, 0.2) is 21.5 Å². The molecule has 0 saturated carbocycles. The highest BCUT2D eigenvalue weighted by atomic mass is 127. The molecule has 1 heterocycles. The summed E-state index contributed by atoms with van der Waals surface area (Å²) < 4.78 is 30.8. The molecule has 152 valence electrons. The molecule has 0 aliphatic heterocycles. The van der Waals surface area contributed by atoms with Gasteiger partial charge in [-0.3, -0.25) is 4.99 Å². The van der Waals surface area contributed by atoms with Crippen LogP contribution in [-0.4, -0.2) is 50.9 Å². The third kappa shape index (κ3) is 9.19. The van der Waals surface area contributed by atoms with Crippen molar-refractivity contribution in [1.29, 1.82) is 0 Å². The van der Waals surface area contributed by atoms with E-state index in [1.54, 1.807) is 32.9 Å². The Bertz CT molecular complexity index is 699. The Kier molecular flexibility index (Phi) is 9.58. The molecule has 1 rings (SSSR count). The summed E-state index contributed by atoms with van der Waals surface area (Å²) in [5.74, 6) is 1.67. The Hall–Kier alpha value is -0.850. The highest BCUT2D eigenvalue weighted by Crippen LogP contribution is 2.21. The number of furan rings is 1. The largest absolute Gasteiger partial charge is 0.463 e. The normalized spacial score (nSPS) is 15.1. The molecule has 1 aromatic rings. The molecule has 1 aromatic heterocycles. The zero-order valence-electron chi connectivity index (χ0n) is 16.2. The molecule has 26 heavy (non-hydrogen) atoms. The number of aryl methyl sites for hydroxylation is 1. The number of hydrogen-bond acceptors (Lipinski definition) is 5. The van der Waals surface area contributed by atoms with Crippen molar-refractivity contribution in [2.75, 3.05) is 25.9 Å². The predicted molar refractivity (Wildman–Crippen MR) is 114 cm³/mol. The second-order valence-corrected chi connectivity index (χ2v) is 8.74. The molecular formula is C16H31IN4O4S. The lowest BCUT2D eigenvalue weighted by Gasteiger charge is -2.25. The predicted octanol–water partition coefficient (Wildman–Crippen LogP) is 1.30. The van der Waals surface area contributed by atoms with Crippen LogP contribution in [0.4, 0.5) is 0 Å². The third-order valence-corrected chi connectivity index (χ3v) is 4.23. The zero-order chi connectivity index (χ0) is 19.3. The molecule has 0 spiro atoms. The van der Waals surface area contributed by atoms with Gasteiger partial charge in [0.1, 0.15) is 17.1 Å². The molecule has 0 aromatic carbocycles. The Morgan fingerprint density at radius 3 is 2.35 bits per heavy atom. The van der Waals surface area contributed by atoms with Gasteiger partial charge in [-0.15, -0.1) is 24.0 Å². The van der Waals surface area contributed by atoms with Crippen LogP contribution in [0.2, 0.25) is 0 Å². The second-order valence-electron chi connectivity index (χ2n) is 6.99. The monoisotopic (exact) mass is 502 g/mol. The van der Waals surface area contributed by atoms with E-state index in [4.69, 9.17) is 4.42 Å². The van der Waals surface area contributed by atoms with E-state index in [0.717, 1.165) is 12.0 Å². The van der Waals surface area contributed by atoms with Gasteiger partial charge < -0.3 is 20.2 Å². The van der Waals surface area contributed by atoms with Crippen molar-refractivity contribution in [3.8, 4) is 0 Å². The van der Waals surface area contributed by atoms with Crippen molar-refractivity contribution in [2.45, 2.75) is 45.8 Å². The highest BCUT2D eigenvalue weighted by molar-refractivity contribution is 14.0. The van der Waals surface area contributed by atoms with Gasteiger partial charge in [0, 0.05) is 12.1 Å². The average Bonchev–Trinajstić information content (AvgIpc) is 2.87. The lowest BCUT2D eigenvalue weighted by Crippen LogP contribution is -2.48. The van der Waals surface area contributed by atoms with E-state index in [9.17, 15) is 13.5 Å². The Balaban J connectivity index is 0.00000625. The van der Waals surface area contributed by atoms with Gasteiger partial charge in [0.25, 0.3) is 0 Å². The first-order chi connectivity index (χ1) is 11.3. The number of aliphatic hydroxyl groups is 1. The number of aliphatic imine (C=N–C) groups is 1. The summed E-state index contributed by atoms with van der Waals surface area (Å²) in [4.78, 5) is 4.40. The van der Waals surface area contributed by atoms with E-state index < -0.39 is 21.2 Å². The number of nitrogens with one attached hydrogen (secondary N) is 3. The molecule has 0 aliphatic carbocycles. The number of nitrogens with zero attached hydrogens (tertiary/aromatic N) is 1. The van der Waals surface area contributed by atoms with E-state index in [1.807, 2.05) is 13.8 Å². The average molecular weight is 502 g/mol. The molecule has 0 amide bonds. The quantitative estimate of drug-likeness (QED) is 0.242. The molecule has 10 heteroatoms. The van der Waals surface area contributed by atoms with Crippen LogP contribution in [0.1, 0.15) is 39.2 Å². The third-order valence-electron chi connectivity index (χ3n) is 3.31.